The Balaban J connectivity index is 1.37. The highest BCUT2D eigenvalue weighted by atomic mass is 19.4. The summed E-state index contributed by atoms with van der Waals surface area (Å²) in [4.78, 5) is 18.1. The van der Waals surface area contributed by atoms with Gasteiger partial charge in [-0.1, -0.05) is 0 Å². The summed E-state index contributed by atoms with van der Waals surface area (Å²) in [5, 5.41) is 10.8. The first kappa shape index (κ1) is 25.8. The molecule has 2 aliphatic heterocycles. The number of amides is 2. The van der Waals surface area contributed by atoms with Gasteiger partial charge < -0.3 is 20.0 Å². The Morgan fingerprint density at radius 3 is 1.97 bits per heavy atom. The number of urea groups is 1. The number of nitrogens with one attached hydrogen (secondary N) is 1. The van der Waals surface area contributed by atoms with E-state index in [4.69, 9.17) is 0 Å². The Kier molecular flexibility index (Phi) is 7.19. The van der Waals surface area contributed by atoms with Crippen molar-refractivity contribution >= 4 is 23.4 Å². The fourth-order valence-electron chi connectivity index (χ4n) is 4.45. The zero-order chi connectivity index (χ0) is 26.1. The van der Waals surface area contributed by atoms with Crippen LogP contribution < -0.4 is 15.1 Å². The number of piperidine rings is 1. The molecule has 2 aromatic rings. The number of piperazine rings is 1. The molecule has 0 aliphatic carbocycles. The Bertz CT molecular complexity index is 1030. The lowest BCUT2D eigenvalue weighted by Crippen LogP contribution is -2.50. The zero-order valence-electron chi connectivity index (χ0n) is 19.5. The molecule has 196 valence electrons. The number of carbonyl (C=O) groups excluding carboxylic acids is 1. The van der Waals surface area contributed by atoms with Gasteiger partial charge in [0.15, 0.2) is 11.6 Å². The molecule has 2 saturated heterocycles. The van der Waals surface area contributed by atoms with Gasteiger partial charge >= 0.3 is 18.4 Å². The summed E-state index contributed by atoms with van der Waals surface area (Å²) in [7, 11) is 0. The van der Waals surface area contributed by atoms with E-state index in [9.17, 15) is 31.1 Å². The van der Waals surface area contributed by atoms with Crippen LogP contribution in [-0.2, 0) is 12.4 Å². The third-order valence-corrected chi connectivity index (χ3v) is 6.46. The highest BCUT2D eigenvalue weighted by Crippen LogP contribution is 2.37. The van der Waals surface area contributed by atoms with Gasteiger partial charge in [-0.15, -0.1) is 10.2 Å². The lowest BCUT2D eigenvalue weighted by molar-refractivity contribution is -0.143. The van der Waals surface area contributed by atoms with Crippen LogP contribution in [0.5, 0.6) is 0 Å². The van der Waals surface area contributed by atoms with Crippen LogP contribution in [0.3, 0.4) is 0 Å². The molecular formula is C23H26F6N6O. The topological polar surface area (TPSA) is 64.6 Å². The molecule has 36 heavy (non-hydrogen) atoms. The quantitative estimate of drug-likeness (QED) is 0.565. The first-order valence-electron chi connectivity index (χ1n) is 11.6. The van der Waals surface area contributed by atoms with Crippen LogP contribution in [0.4, 0.5) is 48.5 Å². The third kappa shape index (κ3) is 5.93. The number of hydrogen-bond acceptors (Lipinski definition) is 5. The molecule has 1 atom stereocenters. The van der Waals surface area contributed by atoms with Crippen LogP contribution >= 0.6 is 0 Å². The van der Waals surface area contributed by atoms with E-state index < -0.39 is 35.2 Å². The Morgan fingerprint density at radius 2 is 1.44 bits per heavy atom. The molecule has 0 saturated carbocycles. The Labute approximate surface area is 204 Å². The molecule has 0 bridgehead atoms. The number of carbonyl (C=O) groups is 1. The normalized spacial score (nSPS) is 19.4. The fraction of sp³-hybridized carbons (Fsp3) is 0.522. The molecular weight excluding hydrogens is 490 g/mol. The number of alkyl halides is 6. The highest BCUT2D eigenvalue weighted by molar-refractivity contribution is 5.89. The average Bonchev–Trinajstić information content (AvgIpc) is 2.83. The average molecular weight is 516 g/mol. The predicted molar refractivity (Wildman–Crippen MR) is 122 cm³/mol. The summed E-state index contributed by atoms with van der Waals surface area (Å²) in [5.41, 5.74) is -3.55. The standard InChI is InChI=1S/C23H26F6N6O/c1-15-4-2-3-7-35(15)20-6-5-19(31-32-20)33-8-10-34(11-9-33)21(36)30-18-13-16(22(24,25)26)12-17(14-18)23(27,28)29/h5-6,12-15H,2-4,7-11H2,1H3,(H,30,36). The second kappa shape index (κ2) is 10.0. The summed E-state index contributed by atoms with van der Waals surface area (Å²) in [6.07, 6.45) is -6.58. The van der Waals surface area contributed by atoms with Gasteiger partial charge in [-0.25, -0.2) is 4.79 Å². The van der Waals surface area contributed by atoms with Gasteiger partial charge in [0.1, 0.15) is 0 Å². The first-order valence-corrected chi connectivity index (χ1v) is 11.6. The van der Waals surface area contributed by atoms with Gasteiger partial charge in [0.2, 0.25) is 0 Å². The number of anilines is 3. The number of rotatable bonds is 3. The zero-order valence-corrected chi connectivity index (χ0v) is 19.5. The summed E-state index contributed by atoms with van der Waals surface area (Å²) < 4.78 is 78.4. The number of nitrogens with zero attached hydrogens (tertiary/aromatic N) is 5. The molecule has 7 nitrogen and oxygen atoms in total. The lowest BCUT2D eigenvalue weighted by Gasteiger charge is -2.36. The number of aromatic nitrogens is 2. The maximum atomic E-state index is 13.1. The Morgan fingerprint density at radius 1 is 0.861 bits per heavy atom. The van der Waals surface area contributed by atoms with Gasteiger partial charge in [-0.2, -0.15) is 26.3 Å². The summed E-state index contributed by atoms with van der Waals surface area (Å²) in [6, 6.07) is 4.39. The van der Waals surface area contributed by atoms with E-state index in [-0.39, 0.29) is 19.2 Å². The van der Waals surface area contributed by atoms with E-state index in [0.29, 0.717) is 37.1 Å². The molecule has 3 heterocycles. The van der Waals surface area contributed by atoms with Crippen LogP contribution in [0.25, 0.3) is 0 Å². The minimum atomic E-state index is -4.99. The Hall–Kier alpha value is -3.25. The minimum absolute atomic E-state index is 0.0205. The fourth-order valence-corrected chi connectivity index (χ4v) is 4.45. The maximum Gasteiger partial charge on any atom is 0.416 e. The van der Waals surface area contributed by atoms with Crippen molar-refractivity contribution in [2.45, 2.75) is 44.6 Å². The van der Waals surface area contributed by atoms with Crippen LogP contribution in [0.15, 0.2) is 30.3 Å². The molecule has 13 heteroatoms. The third-order valence-electron chi connectivity index (χ3n) is 6.46. The van der Waals surface area contributed by atoms with Crippen molar-refractivity contribution in [1.82, 2.24) is 15.1 Å². The molecule has 1 unspecified atom stereocenters. The molecule has 1 aromatic carbocycles. The van der Waals surface area contributed by atoms with E-state index in [2.05, 4.69) is 27.3 Å². The number of hydrogen-bond donors (Lipinski definition) is 1. The molecule has 1 aromatic heterocycles. The molecule has 4 rings (SSSR count). The highest BCUT2D eigenvalue weighted by Gasteiger charge is 2.37. The van der Waals surface area contributed by atoms with Crippen molar-refractivity contribution in [3.63, 3.8) is 0 Å². The minimum Gasteiger partial charge on any atom is -0.352 e. The van der Waals surface area contributed by atoms with E-state index in [0.717, 1.165) is 25.2 Å². The van der Waals surface area contributed by atoms with Gasteiger partial charge in [0.05, 0.1) is 11.1 Å². The smallest absolute Gasteiger partial charge is 0.352 e. The van der Waals surface area contributed by atoms with Crippen LogP contribution in [0.2, 0.25) is 0 Å². The molecule has 1 N–H and O–H groups in total. The second-order valence-electron chi connectivity index (χ2n) is 8.99. The van der Waals surface area contributed by atoms with Crippen molar-refractivity contribution < 1.29 is 31.1 Å². The van der Waals surface area contributed by atoms with Crippen molar-refractivity contribution in [2.75, 3.05) is 47.8 Å². The summed E-state index contributed by atoms with van der Waals surface area (Å²) in [6.45, 7) is 4.28. The van der Waals surface area contributed by atoms with Crippen molar-refractivity contribution in [1.29, 1.82) is 0 Å². The summed E-state index contributed by atoms with van der Waals surface area (Å²) >= 11 is 0. The number of benzene rings is 1. The first-order chi connectivity index (χ1) is 16.9. The van der Waals surface area contributed by atoms with E-state index in [1.165, 1.54) is 11.3 Å². The number of halogens is 6. The largest absolute Gasteiger partial charge is 0.416 e. The van der Waals surface area contributed by atoms with Crippen LogP contribution in [0, 0.1) is 0 Å². The van der Waals surface area contributed by atoms with Gasteiger partial charge in [-0.3, -0.25) is 0 Å². The van der Waals surface area contributed by atoms with E-state index >= 15 is 0 Å². The van der Waals surface area contributed by atoms with Crippen molar-refractivity contribution in [3.8, 4) is 0 Å². The lowest BCUT2D eigenvalue weighted by atomic mass is 10.0. The van der Waals surface area contributed by atoms with Crippen LogP contribution in [0.1, 0.15) is 37.3 Å². The predicted octanol–water partition coefficient (Wildman–Crippen LogP) is 5.25. The molecule has 2 fully saturated rings. The van der Waals surface area contributed by atoms with Gasteiger partial charge in [0.25, 0.3) is 0 Å². The summed E-state index contributed by atoms with van der Waals surface area (Å²) in [5.74, 6) is 1.44. The SMILES string of the molecule is CC1CCCCN1c1ccc(N2CCN(C(=O)Nc3cc(C(F)(F)F)cc(C(F)(F)F)c3)CC2)nn1. The van der Waals surface area contributed by atoms with Crippen molar-refractivity contribution in [3.05, 3.63) is 41.5 Å². The second-order valence-corrected chi connectivity index (χ2v) is 8.99. The molecule has 0 radical (unpaired) electrons. The van der Waals surface area contributed by atoms with E-state index in [1.54, 1.807) is 0 Å². The van der Waals surface area contributed by atoms with Crippen molar-refractivity contribution in [2.24, 2.45) is 0 Å². The monoisotopic (exact) mass is 516 g/mol. The molecule has 0 spiro atoms. The van der Waals surface area contributed by atoms with Crippen LogP contribution in [-0.4, -0.2) is 59.9 Å². The van der Waals surface area contributed by atoms with Gasteiger partial charge in [-0.05, 0) is 56.5 Å². The van der Waals surface area contributed by atoms with E-state index in [1.807, 2.05) is 17.0 Å². The molecule has 2 aliphatic rings. The molecule has 2 amide bonds. The maximum absolute atomic E-state index is 13.1. The van der Waals surface area contributed by atoms with Gasteiger partial charge in [0, 0.05) is 44.5 Å².